The maximum atomic E-state index is 11.9. The summed E-state index contributed by atoms with van der Waals surface area (Å²) in [5.74, 6) is 0.380. The number of ether oxygens (including phenoxy) is 1. The number of hydrogen-bond donors (Lipinski definition) is 3. The molecule has 2 aromatic rings. The number of carbonyl (C=O) groups is 2. The summed E-state index contributed by atoms with van der Waals surface area (Å²) < 4.78 is 5.63. The Morgan fingerprint density at radius 3 is 2.17 bits per heavy atom. The topological polar surface area (TPSA) is 152 Å². The second-order valence-corrected chi connectivity index (χ2v) is 12.3. The van der Waals surface area contributed by atoms with Crippen molar-refractivity contribution >= 4 is 35.6 Å². The van der Waals surface area contributed by atoms with Crippen LogP contribution in [0.5, 0.6) is 5.75 Å². The van der Waals surface area contributed by atoms with Crippen LogP contribution in [0.4, 0.5) is 21.4 Å². The summed E-state index contributed by atoms with van der Waals surface area (Å²) in [6, 6.07) is 0. The normalized spacial score (nSPS) is 17.6. The van der Waals surface area contributed by atoms with Crippen molar-refractivity contribution < 1.29 is 29.6 Å². The summed E-state index contributed by atoms with van der Waals surface area (Å²) in [6.07, 6.45) is -0.910. The van der Waals surface area contributed by atoms with Crippen molar-refractivity contribution in [2.24, 2.45) is 5.41 Å². The first-order valence-electron chi connectivity index (χ1n) is 13.0. The Labute approximate surface area is 239 Å². The summed E-state index contributed by atoms with van der Waals surface area (Å²) in [4.78, 5) is 37.2. The minimum atomic E-state index is -1.76. The smallest absolute Gasteiger partial charge is 0.424 e. The van der Waals surface area contributed by atoms with Gasteiger partial charge >= 0.3 is 12.2 Å². The number of fused-ring (bicyclic) bond motifs is 1. The van der Waals surface area contributed by atoms with Gasteiger partial charge in [0.1, 0.15) is 10.9 Å². The monoisotopic (exact) mass is 578 g/mol. The summed E-state index contributed by atoms with van der Waals surface area (Å²) >= 11 is 6.87. The lowest BCUT2D eigenvalue weighted by atomic mass is 9.66. The molecule has 0 aromatic carbocycles. The Kier molecular flexibility index (Phi) is 8.60. The van der Waals surface area contributed by atoms with Crippen LogP contribution in [0.2, 0.25) is 5.15 Å². The number of aromatic nitrogens is 3. The van der Waals surface area contributed by atoms with Gasteiger partial charge < -0.3 is 20.1 Å². The lowest BCUT2D eigenvalue weighted by molar-refractivity contribution is -0.0738. The van der Waals surface area contributed by atoms with Gasteiger partial charge in [-0.2, -0.15) is 9.97 Å². The quantitative estimate of drug-likeness (QED) is 0.364. The van der Waals surface area contributed by atoms with Gasteiger partial charge in [-0.25, -0.2) is 14.6 Å². The van der Waals surface area contributed by atoms with Crippen molar-refractivity contribution in [3.63, 3.8) is 0 Å². The number of carboxylic acid groups (broad SMARTS) is 2. The van der Waals surface area contributed by atoms with Crippen LogP contribution in [0.25, 0.3) is 0 Å². The molecule has 0 saturated carbocycles. The van der Waals surface area contributed by atoms with Crippen molar-refractivity contribution in [3.8, 4) is 5.75 Å². The van der Waals surface area contributed by atoms with Crippen LogP contribution in [0.1, 0.15) is 76.8 Å². The second-order valence-electron chi connectivity index (χ2n) is 11.9. The molecule has 1 unspecified atom stereocenters. The van der Waals surface area contributed by atoms with Gasteiger partial charge in [0.25, 0.3) is 0 Å². The van der Waals surface area contributed by atoms with Gasteiger partial charge in [0.05, 0.1) is 30.5 Å². The zero-order chi connectivity index (χ0) is 30.4. The number of amides is 2. The summed E-state index contributed by atoms with van der Waals surface area (Å²) in [5.41, 5.74) is 0.949. The molecule has 0 fully saturated rings. The highest BCUT2D eigenvalue weighted by Crippen LogP contribution is 2.60. The van der Waals surface area contributed by atoms with E-state index in [9.17, 15) is 24.9 Å². The molecule has 0 saturated heterocycles. The van der Waals surface area contributed by atoms with Crippen LogP contribution in [-0.4, -0.2) is 66.7 Å². The third-order valence-electron chi connectivity index (χ3n) is 7.30. The molecule has 40 heavy (non-hydrogen) atoms. The standard InChI is InChI=1S/C27H39ClN6O6/c1-15-13-29-17(16(2)19(15)40-9)14-32-21-18(20(28)30-22(31-21)33(23(36)37)24(38)39)27(11-10-12-35,25(3,4)5)34(32)26(6,7)8/h13,35H,10-12,14H2,1-9H3,(H,36,37)(H,38,39). The molecule has 0 spiro atoms. The third-order valence-corrected chi connectivity index (χ3v) is 7.57. The number of imide groups is 1. The van der Waals surface area contributed by atoms with E-state index in [1.165, 1.54) is 0 Å². The molecule has 12 nitrogen and oxygen atoms in total. The number of anilines is 2. The number of pyridine rings is 1. The number of aliphatic hydroxyl groups excluding tert-OH is 1. The summed E-state index contributed by atoms with van der Waals surface area (Å²) in [6.45, 7) is 16.2. The van der Waals surface area contributed by atoms with Crippen molar-refractivity contribution in [1.82, 2.24) is 20.0 Å². The van der Waals surface area contributed by atoms with Gasteiger partial charge in [-0.15, -0.1) is 4.90 Å². The highest BCUT2D eigenvalue weighted by atomic mass is 35.5. The third kappa shape index (κ3) is 5.15. The van der Waals surface area contributed by atoms with Gasteiger partial charge in [0, 0.05) is 29.5 Å². The Morgan fingerprint density at radius 2 is 1.70 bits per heavy atom. The molecule has 3 N–H and O–H groups in total. The van der Waals surface area contributed by atoms with Gasteiger partial charge in [-0.05, 0) is 52.9 Å². The van der Waals surface area contributed by atoms with E-state index in [4.69, 9.17) is 16.3 Å². The number of methoxy groups -OCH3 is 1. The maximum Gasteiger partial charge on any atom is 0.424 e. The Morgan fingerprint density at radius 1 is 1.10 bits per heavy atom. The lowest BCUT2D eigenvalue weighted by Crippen LogP contribution is -2.63. The molecule has 0 aliphatic carbocycles. The summed E-state index contributed by atoms with van der Waals surface area (Å²) in [7, 11) is 1.59. The van der Waals surface area contributed by atoms with Crippen molar-refractivity contribution in [2.45, 2.75) is 85.9 Å². The molecule has 1 aliphatic heterocycles. The van der Waals surface area contributed by atoms with Crippen LogP contribution in [0, 0.1) is 19.3 Å². The Balaban J connectivity index is 2.46. The van der Waals surface area contributed by atoms with E-state index in [0.717, 1.165) is 11.1 Å². The number of aliphatic hydroxyl groups is 1. The number of halogens is 1. The van der Waals surface area contributed by atoms with Gasteiger partial charge in [-0.3, -0.25) is 9.99 Å². The minimum Gasteiger partial charge on any atom is -0.496 e. The predicted molar refractivity (Wildman–Crippen MR) is 151 cm³/mol. The highest BCUT2D eigenvalue weighted by molar-refractivity contribution is 6.31. The van der Waals surface area contributed by atoms with Crippen LogP contribution in [0.3, 0.4) is 0 Å². The molecule has 0 radical (unpaired) electrons. The fourth-order valence-electron chi connectivity index (χ4n) is 5.80. The van der Waals surface area contributed by atoms with E-state index < -0.39 is 34.6 Å². The average molecular weight is 579 g/mol. The van der Waals surface area contributed by atoms with Crippen molar-refractivity contribution in [3.05, 3.63) is 33.7 Å². The molecule has 3 rings (SSSR count). The molecule has 1 aliphatic rings. The SMILES string of the molecule is COc1c(C)cnc(CN2c3nc(N(C(=O)O)C(=O)O)nc(Cl)c3C(CCCO)(C(C)(C)C)N2C(C)(C)C)c1C. The van der Waals surface area contributed by atoms with E-state index in [1.54, 1.807) is 13.3 Å². The molecule has 2 amide bonds. The average Bonchev–Trinajstić information content (AvgIpc) is 3.10. The van der Waals surface area contributed by atoms with Crippen LogP contribution >= 0.6 is 11.6 Å². The number of aryl methyl sites for hydroxylation is 1. The number of hydrazine groups is 1. The van der Waals surface area contributed by atoms with Crippen molar-refractivity contribution in [1.29, 1.82) is 0 Å². The molecule has 220 valence electrons. The molecule has 1 atom stereocenters. The number of nitrogens with zero attached hydrogens (tertiary/aromatic N) is 6. The van der Waals surface area contributed by atoms with Crippen molar-refractivity contribution in [2.75, 3.05) is 23.6 Å². The van der Waals surface area contributed by atoms with E-state index in [-0.39, 0.29) is 29.0 Å². The van der Waals surface area contributed by atoms with Gasteiger partial charge in [-0.1, -0.05) is 32.4 Å². The van der Waals surface area contributed by atoms with Crippen LogP contribution in [0.15, 0.2) is 6.20 Å². The largest absolute Gasteiger partial charge is 0.496 e. The first kappa shape index (κ1) is 31.3. The number of rotatable bonds is 7. The zero-order valence-electron chi connectivity index (χ0n) is 24.5. The van der Waals surface area contributed by atoms with E-state index in [2.05, 4.69) is 40.7 Å². The fraction of sp³-hybridized carbons (Fsp3) is 0.593. The first-order valence-corrected chi connectivity index (χ1v) is 13.3. The maximum absolute atomic E-state index is 11.9. The van der Waals surface area contributed by atoms with Crippen LogP contribution < -0.4 is 14.6 Å². The molecule has 0 bridgehead atoms. The first-order chi connectivity index (χ1) is 18.4. The molecular weight excluding hydrogens is 540 g/mol. The molecular formula is C27H39ClN6O6. The number of hydrogen-bond acceptors (Lipinski definition) is 9. The molecule has 3 heterocycles. The lowest BCUT2D eigenvalue weighted by Gasteiger charge is -2.55. The predicted octanol–water partition coefficient (Wildman–Crippen LogP) is 5.36. The molecule has 13 heteroatoms. The fourth-order valence-corrected chi connectivity index (χ4v) is 6.12. The zero-order valence-corrected chi connectivity index (χ0v) is 25.3. The minimum absolute atomic E-state index is 0.0367. The summed E-state index contributed by atoms with van der Waals surface area (Å²) in [5, 5.41) is 33.1. The second kappa shape index (κ2) is 11.0. The molecule has 2 aromatic heterocycles. The van der Waals surface area contributed by atoms with E-state index in [0.29, 0.717) is 29.8 Å². The highest BCUT2D eigenvalue weighted by Gasteiger charge is 2.61. The van der Waals surface area contributed by atoms with Gasteiger partial charge in [0.15, 0.2) is 5.82 Å². The Hall–Kier alpha value is -3.22. The van der Waals surface area contributed by atoms with E-state index >= 15 is 0 Å². The van der Waals surface area contributed by atoms with Crippen LogP contribution in [-0.2, 0) is 12.1 Å². The van der Waals surface area contributed by atoms with Gasteiger partial charge in [0.2, 0.25) is 5.95 Å². The van der Waals surface area contributed by atoms with E-state index in [1.807, 2.05) is 39.6 Å². The Bertz CT molecular complexity index is 1290.